The maximum absolute atomic E-state index is 5.28. The number of nitrogens with one attached hydrogen (secondary N) is 1. The minimum atomic E-state index is 0.486. The Morgan fingerprint density at radius 1 is 0.971 bits per heavy atom. The van der Waals surface area contributed by atoms with E-state index in [1.165, 1.54) is 39.4 Å². The fourth-order valence-electron chi connectivity index (χ4n) is 5.29. The number of thiazole rings is 1. The van der Waals surface area contributed by atoms with E-state index >= 15 is 0 Å². The first kappa shape index (κ1) is 20.5. The highest BCUT2D eigenvalue weighted by molar-refractivity contribution is 8.14. The lowest BCUT2D eigenvalue weighted by Gasteiger charge is -2.26. The zero-order chi connectivity index (χ0) is 22.5. The van der Waals surface area contributed by atoms with E-state index in [4.69, 9.17) is 9.98 Å². The highest BCUT2D eigenvalue weighted by atomic mass is 32.2. The molecule has 1 aromatic heterocycles. The standard InChI is InChI=1S/C28H26N4S2/c1-3-9-21-19(8-1)17-25-26(21)32(20-13-14-20)28(34-25)31-22-10-4-2-7-18(22)15-16-29-27-30-23-11-5-6-12-24(23)33-27/h1-12,20,25-26H,13-17H2,(H,29,30)/t25?,26-/m0/s1. The minimum absolute atomic E-state index is 0.486. The van der Waals surface area contributed by atoms with E-state index in [-0.39, 0.29) is 0 Å². The molecule has 0 spiro atoms. The first-order chi connectivity index (χ1) is 16.8. The number of hydrogen-bond donors (Lipinski definition) is 1. The summed E-state index contributed by atoms with van der Waals surface area (Å²) in [7, 11) is 0. The summed E-state index contributed by atoms with van der Waals surface area (Å²) in [6.07, 6.45) is 4.66. The molecule has 2 aliphatic carbocycles. The van der Waals surface area contributed by atoms with Crippen molar-refractivity contribution in [3.63, 3.8) is 0 Å². The van der Waals surface area contributed by atoms with Crippen LogP contribution in [0.25, 0.3) is 10.2 Å². The third-order valence-corrected chi connectivity index (χ3v) is 9.27. The summed E-state index contributed by atoms with van der Waals surface area (Å²) < 4.78 is 1.22. The van der Waals surface area contributed by atoms with Gasteiger partial charge in [0.05, 0.1) is 21.9 Å². The second-order valence-corrected chi connectivity index (χ2v) is 11.6. The highest BCUT2D eigenvalue weighted by Crippen LogP contribution is 2.53. The van der Waals surface area contributed by atoms with Crippen molar-refractivity contribution < 1.29 is 0 Å². The molecule has 1 N–H and O–H groups in total. The molecule has 34 heavy (non-hydrogen) atoms. The van der Waals surface area contributed by atoms with E-state index in [1.54, 1.807) is 11.3 Å². The van der Waals surface area contributed by atoms with Crippen LogP contribution >= 0.6 is 23.1 Å². The van der Waals surface area contributed by atoms with Crippen LogP contribution in [-0.2, 0) is 12.8 Å². The highest BCUT2D eigenvalue weighted by Gasteiger charge is 2.50. The molecule has 2 atom stereocenters. The van der Waals surface area contributed by atoms with Crippen LogP contribution in [0.5, 0.6) is 0 Å². The Balaban J connectivity index is 1.12. The molecule has 1 aliphatic heterocycles. The third-order valence-electron chi connectivity index (χ3n) is 7.04. The van der Waals surface area contributed by atoms with Gasteiger partial charge in [0.1, 0.15) is 0 Å². The van der Waals surface area contributed by atoms with Gasteiger partial charge in [-0.15, -0.1) is 0 Å². The van der Waals surface area contributed by atoms with Gasteiger partial charge in [0.2, 0.25) is 0 Å². The number of rotatable bonds is 6. The summed E-state index contributed by atoms with van der Waals surface area (Å²) in [5.74, 6) is 0. The van der Waals surface area contributed by atoms with Crippen LogP contribution in [0.2, 0.25) is 0 Å². The fourth-order valence-corrected chi connectivity index (χ4v) is 7.66. The quantitative estimate of drug-likeness (QED) is 0.327. The minimum Gasteiger partial charge on any atom is -0.361 e. The Kier molecular flexibility index (Phi) is 5.09. The predicted molar refractivity (Wildman–Crippen MR) is 144 cm³/mol. The summed E-state index contributed by atoms with van der Waals surface area (Å²) in [5, 5.41) is 6.32. The molecular weight excluding hydrogens is 456 g/mol. The van der Waals surface area contributed by atoms with Crippen LogP contribution in [0.4, 0.5) is 10.8 Å². The van der Waals surface area contributed by atoms with Crippen molar-refractivity contribution in [1.29, 1.82) is 0 Å². The molecule has 4 nitrogen and oxygen atoms in total. The average molecular weight is 483 g/mol. The lowest BCUT2D eigenvalue weighted by Crippen LogP contribution is -2.30. The van der Waals surface area contributed by atoms with Gasteiger partial charge < -0.3 is 10.2 Å². The molecule has 7 rings (SSSR count). The summed E-state index contributed by atoms with van der Waals surface area (Å²) in [6.45, 7) is 0.847. The summed E-state index contributed by atoms with van der Waals surface area (Å²) in [6, 6.07) is 27.1. The number of benzene rings is 3. The maximum atomic E-state index is 5.28. The molecule has 2 heterocycles. The number of aromatic nitrogens is 1. The van der Waals surface area contributed by atoms with E-state index in [0.29, 0.717) is 17.3 Å². The molecule has 4 aromatic rings. The van der Waals surface area contributed by atoms with E-state index < -0.39 is 0 Å². The van der Waals surface area contributed by atoms with Gasteiger partial charge in [-0.25, -0.2) is 9.98 Å². The van der Waals surface area contributed by atoms with Gasteiger partial charge in [0.25, 0.3) is 0 Å². The van der Waals surface area contributed by atoms with Crippen molar-refractivity contribution in [2.75, 3.05) is 11.9 Å². The lowest BCUT2D eigenvalue weighted by atomic mass is 10.1. The second-order valence-electron chi connectivity index (χ2n) is 9.33. The zero-order valence-corrected chi connectivity index (χ0v) is 20.5. The number of nitrogens with zero attached hydrogens (tertiary/aromatic N) is 3. The molecule has 170 valence electrons. The number of aliphatic imine (C=N–C) groups is 1. The lowest BCUT2D eigenvalue weighted by molar-refractivity contribution is 0.330. The van der Waals surface area contributed by atoms with E-state index in [1.807, 2.05) is 17.8 Å². The van der Waals surface area contributed by atoms with Crippen LogP contribution in [0, 0.1) is 0 Å². The predicted octanol–water partition coefficient (Wildman–Crippen LogP) is 6.82. The number of para-hydroxylation sites is 2. The first-order valence-corrected chi connectivity index (χ1v) is 13.8. The van der Waals surface area contributed by atoms with Gasteiger partial charge in [0, 0.05) is 17.8 Å². The number of fused-ring (bicyclic) bond motifs is 4. The monoisotopic (exact) mass is 482 g/mol. The molecule has 0 bridgehead atoms. The van der Waals surface area contributed by atoms with Crippen LogP contribution in [0.3, 0.4) is 0 Å². The molecule has 2 fully saturated rings. The molecule has 1 saturated heterocycles. The molecule has 6 heteroatoms. The number of thioether (sulfide) groups is 1. The molecule has 3 aromatic carbocycles. The van der Waals surface area contributed by atoms with Crippen LogP contribution in [-0.4, -0.2) is 32.9 Å². The van der Waals surface area contributed by atoms with E-state index in [9.17, 15) is 0 Å². The molecule has 0 amide bonds. The van der Waals surface area contributed by atoms with Crippen molar-refractivity contribution in [3.05, 3.63) is 89.5 Å². The Morgan fingerprint density at radius 3 is 2.71 bits per heavy atom. The molecular formula is C28H26N4S2. The largest absolute Gasteiger partial charge is 0.361 e. The Bertz CT molecular complexity index is 1360. The Hall–Kier alpha value is -2.83. The smallest absolute Gasteiger partial charge is 0.183 e. The summed E-state index contributed by atoms with van der Waals surface area (Å²) >= 11 is 3.71. The normalized spacial score (nSPS) is 22.4. The van der Waals surface area contributed by atoms with Crippen LogP contribution < -0.4 is 5.32 Å². The van der Waals surface area contributed by atoms with E-state index in [2.05, 4.69) is 76.9 Å². The SMILES string of the molecule is c1ccc(N=C2SC3Cc4ccccc4[C@@H]3N2C2CC2)c(CCNc2nc3ccccc3s2)c1. The van der Waals surface area contributed by atoms with Gasteiger partial charge in [0.15, 0.2) is 10.3 Å². The first-order valence-electron chi connectivity index (χ1n) is 12.1. The second kappa shape index (κ2) is 8.43. The Morgan fingerprint density at radius 2 is 1.79 bits per heavy atom. The van der Waals surface area contributed by atoms with Crippen molar-refractivity contribution in [2.45, 2.75) is 43.0 Å². The fraction of sp³-hybridized carbons (Fsp3) is 0.286. The van der Waals surface area contributed by atoms with Crippen molar-refractivity contribution in [1.82, 2.24) is 9.88 Å². The van der Waals surface area contributed by atoms with Gasteiger partial charge in [-0.05, 0) is 60.6 Å². The molecule has 3 aliphatic rings. The average Bonchev–Trinajstić information content (AvgIpc) is 3.36. The zero-order valence-electron chi connectivity index (χ0n) is 18.9. The van der Waals surface area contributed by atoms with Gasteiger partial charge in [-0.1, -0.05) is 77.7 Å². The van der Waals surface area contributed by atoms with Crippen molar-refractivity contribution in [2.24, 2.45) is 4.99 Å². The van der Waals surface area contributed by atoms with E-state index in [0.717, 1.165) is 35.7 Å². The molecule has 0 radical (unpaired) electrons. The number of hydrogen-bond acceptors (Lipinski definition) is 5. The number of anilines is 1. The van der Waals surface area contributed by atoms with Gasteiger partial charge in [-0.3, -0.25) is 0 Å². The van der Waals surface area contributed by atoms with Crippen molar-refractivity contribution in [3.8, 4) is 0 Å². The topological polar surface area (TPSA) is 40.5 Å². The molecule has 1 saturated carbocycles. The van der Waals surface area contributed by atoms with Crippen LogP contribution in [0.1, 0.15) is 35.6 Å². The summed E-state index contributed by atoms with van der Waals surface area (Å²) in [5.41, 5.74) is 6.50. The van der Waals surface area contributed by atoms with Crippen molar-refractivity contribution >= 4 is 49.3 Å². The van der Waals surface area contributed by atoms with Gasteiger partial charge in [-0.2, -0.15) is 0 Å². The Labute approximate surface area is 208 Å². The van der Waals surface area contributed by atoms with Crippen LogP contribution in [0.15, 0.2) is 77.8 Å². The van der Waals surface area contributed by atoms with Gasteiger partial charge >= 0.3 is 0 Å². The maximum Gasteiger partial charge on any atom is 0.183 e. The number of amidine groups is 1. The molecule has 1 unspecified atom stereocenters. The third kappa shape index (κ3) is 3.69. The summed E-state index contributed by atoms with van der Waals surface area (Å²) in [4.78, 5) is 12.6.